The summed E-state index contributed by atoms with van der Waals surface area (Å²) < 4.78 is 24.1. The van der Waals surface area contributed by atoms with E-state index in [1.165, 1.54) is 21.1 Å². The highest BCUT2D eigenvalue weighted by molar-refractivity contribution is 5.95. The molecule has 0 radical (unpaired) electrons. The average molecular weight is 811 g/mol. The predicted molar refractivity (Wildman–Crippen MR) is 218 cm³/mol. The minimum absolute atomic E-state index is 0.0812. The summed E-state index contributed by atoms with van der Waals surface area (Å²) in [5.41, 5.74) is -1.21. The van der Waals surface area contributed by atoms with Crippen molar-refractivity contribution in [2.24, 2.45) is 23.2 Å². The number of ether oxygens (including phenoxy) is 4. The Kier molecular flexibility index (Phi) is 8.54. The molecule has 1 aromatic heterocycles. The number of methoxy groups -OCH3 is 3. The van der Waals surface area contributed by atoms with E-state index in [0.717, 1.165) is 52.9 Å². The number of nitrogens with zero attached hydrogens (tertiary/aromatic N) is 3. The van der Waals surface area contributed by atoms with Crippen LogP contribution < -0.4 is 9.64 Å². The quantitative estimate of drug-likeness (QED) is 0.233. The fourth-order valence-corrected chi connectivity index (χ4v) is 14.7. The lowest BCUT2D eigenvalue weighted by Crippen LogP contribution is -2.82. The number of aromatic nitrogens is 1. The lowest BCUT2D eigenvalue weighted by Gasteiger charge is -2.65. The number of anilines is 1. The standard InChI is InChI=1S/C46H58N4O9/c1-8-42(54)19-26-20-45(40(52)57-6,36-29(23-49(21-26)24-42)28-12-10-11-13-33(28)47-36)32-17-31-34(18-35(32)56-5)48(4)38-44(31)14-15-50-22-27-16-30(27)43(9-2,37(44)50)39(59-25(3)51)46(38,55)41(53)58-7/h10-13,17-18,26-27,30,37-39,47,54-55H,8-9,14-16,19-24H2,1-7H3/t26-,27+,30+,37-,38+,39+,42-,43+,44+,45-,46-/m0/s1. The second-order valence-corrected chi connectivity index (χ2v) is 19.1. The molecule has 13 heteroatoms. The Labute approximate surface area is 345 Å². The van der Waals surface area contributed by atoms with Crippen molar-refractivity contribution in [2.45, 2.75) is 106 Å². The predicted octanol–water partition coefficient (Wildman–Crippen LogP) is 4.03. The van der Waals surface area contributed by atoms with E-state index >= 15 is 4.79 Å². The zero-order valence-corrected chi connectivity index (χ0v) is 35.3. The first-order chi connectivity index (χ1) is 28.2. The zero-order chi connectivity index (χ0) is 41.6. The van der Waals surface area contributed by atoms with Crippen LogP contribution in [0.15, 0.2) is 36.4 Å². The normalized spacial score (nSPS) is 40.1. The van der Waals surface area contributed by atoms with Crippen molar-refractivity contribution in [2.75, 3.05) is 59.5 Å². The van der Waals surface area contributed by atoms with E-state index in [0.29, 0.717) is 69.0 Å². The molecule has 2 saturated carbocycles. The van der Waals surface area contributed by atoms with E-state index < -0.39 is 57.5 Å². The van der Waals surface area contributed by atoms with E-state index in [1.54, 1.807) is 7.11 Å². The molecule has 316 valence electrons. The number of para-hydroxylation sites is 1. The first kappa shape index (κ1) is 39.0. The Hall–Kier alpha value is -4.17. The maximum absolute atomic E-state index is 15.3. The topological polar surface area (TPSA) is 154 Å². The van der Waals surface area contributed by atoms with Gasteiger partial charge in [0.1, 0.15) is 11.2 Å². The first-order valence-electron chi connectivity index (χ1n) is 21.5. The molecular weight excluding hydrogens is 753 g/mol. The molecule has 3 aromatic rings. The van der Waals surface area contributed by atoms with Crippen LogP contribution in [0.4, 0.5) is 5.69 Å². The van der Waals surface area contributed by atoms with Gasteiger partial charge < -0.3 is 39.0 Å². The number of aliphatic hydroxyl groups is 2. The van der Waals surface area contributed by atoms with Crippen LogP contribution in [0.5, 0.6) is 5.75 Å². The summed E-state index contributed by atoms with van der Waals surface area (Å²) in [5, 5.41) is 26.5. The van der Waals surface area contributed by atoms with Crippen molar-refractivity contribution in [3.8, 4) is 5.75 Å². The van der Waals surface area contributed by atoms with Gasteiger partial charge >= 0.3 is 17.9 Å². The number of likely N-dealkylation sites (N-methyl/N-ethyl adjacent to an activating group) is 1. The number of hydrogen-bond donors (Lipinski definition) is 3. The smallest absolute Gasteiger partial charge is 0.344 e. The van der Waals surface area contributed by atoms with E-state index in [-0.39, 0.29) is 17.9 Å². The number of aromatic amines is 1. The number of hydrogen-bond acceptors (Lipinski definition) is 12. The van der Waals surface area contributed by atoms with Gasteiger partial charge in [-0.25, -0.2) is 4.79 Å². The molecule has 1 spiro atoms. The zero-order valence-electron chi connectivity index (χ0n) is 35.3. The van der Waals surface area contributed by atoms with Gasteiger partial charge in [-0.15, -0.1) is 0 Å². The lowest BCUT2D eigenvalue weighted by atomic mass is 9.46. The van der Waals surface area contributed by atoms with Crippen LogP contribution in [-0.4, -0.2) is 127 Å². The number of piperidine rings is 2. The van der Waals surface area contributed by atoms with Crippen LogP contribution in [-0.2, 0) is 46.0 Å². The molecule has 10 rings (SSSR count). The average Bonchev–Trinajstić information content (AvgIpc) is 3.70. The van der Waals surface area contributed by atoms with Gasteiger partial charge in [-0.1, -0.05) is 32.0 Å². The Morgan fingerprint density at radius 1 is 0.949 bits per heavy atom. The van der Waals surface area contributed by atoms with Crippen LogP contribution in [0, 0.1) is 23.2 Å². The number of nitrogens with one attached hydrogen (secondary N) is 1. The molecule has 59 heavy (non-hydrogen) atoms. The highest BCUT2D eigenvalue weighted by atomic mass is 16.6. The van der Waals surface area contributed by atoms with Gasteiger partial charge in [-0.3, -0.25) is 19.4 Å². The molecular formula is C46H58N4O9. The fraction of sp³-hybridized carbons (Fsp3) is 0.630. The van der Waals surface area contributed by atoms with Crippen LogP contribution in [0.3, 0.4) is 0 Å². The number of esters is 3. The van der Waals surface area contributed by atoms with Gasteiger partial charge in [0, 0.05) is 90.9 Å². The van der Waals surface area contributed by atoms with Crippen LogP contribution >= 0.6 is 0 Å². The van der Waals surface area contributed by atoms with Gasteiger partial charge in [0.15, 0.2) is 6.10 Å². The molecule has 2 aromatic carbocycles. The van der Waals surface area contributed by atoms with E-state index in [9.17, 15) is 19.8 Å². The third-order valence-electron chi connectivity index (χ3n) is 16.6. The van der Waals surface area contributed by atoms with E-state index in [4.69, 9.17) is 18.9 Å². The number of carbonyl (C=O) groups excluding carboxylic acids is 3. The summed E-state index contributed by atoms with van der Waals surface area (Å²) >= 11 is 0. The summed E-state index contributed by atoms with van der Waals surface area (Å²) in [7, 11) is 6.23. The van der Waals surface area contributed by atoms with Gasteiger partial charge in [-0.05, 0) is 86.1 Å². The highest BCUT2D eigenvalue weighted by Crippen LogP contribution is 2.74. The Bertz CT molecular complexity index is 2280. The van der Waals surface area contributed by atoms with Crippen molar-refractivity contribution < 1.29 is 43.5 Å². The van der Waals surface area contributed by atoms with Gasteiger partial charge in [0.25, 0.3) is 0 Å². The van der Waals surface area contributed by atoms with Crippen molar-refractivity contribution in [3.05, 3.63) is 58.8 Å². The Morgan fingerprint density at radius 2 is 1.71 bits per heavy atom. The molecule has 7 aliphatic rings. The molecule has 3 saturated heterocycles. The molecule has 1 unspecified atom stereocenters. The first-order valence-corrected chi connectivity index (χ1v) is 21.5. The minimum atomic E-state index is -2.24. The van der Waals surface area contributed by atoms with E-state index in [1.807, 2.05) is 43.1 Å². The summed E-state index contributed by atoms with van der Waals surface area (Å²) in [6, 6.07) is 11.1. The van der Waals surface area contributed by atoms with Gasteiger partial charge in [0.05, 0.1) is 33.0 Å². The molecule has 0 amide bonds. The summed E-state index contributed by atoms with van der Waals surface area (Å²) in [4.78, 5) is 53.5. The maximum Gasteiger partial charge on any atom is 0.344 e. The van der Waals surface area contributed by atoms with Crippen LogP contribution in [0.2, 0.25) is 0 Å². The second-order valence-electron chi connectivity index (χ2n) is 19.1. The largest absolute Gasteiger partial charge is 0.496 e. The molecule has 12 atom stereocenters. The van der Waals surface area contributed by atoms with Crippen molar-refractivity contribution in [3.63, 3.8) is 0 Å². The minimum Gasteiger partial charge on any atom is -0.496 e. The Morgan fingerprint density at radius 3 is 2.41 bits per heavy atom. The molecule has 6 heterocycles. The highest BCUT2D eigenvalue weighted by Gasteiger charge is 2.84. The second kappa shape index (κ2) is 12.9. The SMILES string of the molecule is CC[C@]1(O)C[C@@H]2CN(Cc3c([nH]c4ccccc34)[C@@](C(=O)OC)(c3cc4c(cc3OC)N(C)[C@H]3[C@@](O)(C(=O)OC)[C@H](OC(C)=O)[C@]5(CC)[C@@H]6C[C@@H]6CN6CC[C@]43[C@@H]65)C2)C1. The van der Waals surface area contributed by atoms with Crippen molar-refractivity contribution in [1.82, 2.24) is 14.8 Å². The number of rotatable bonds is 7. The molecule has 5 aliphatic heterocycles. The third kappa shape index (κ3) is 4.79. The third-order valence-corrected chi connectivity index (χ3v) is 16.6. The Balaban J connectivity index is 1.28. The van der Waals surface area contributed by atoms with E-state index in [2.05, 4.69) is 33.8 Å². The summed E-state index contributed by atoms with van der Waals surface area (Å²) in [5.74, 6) is -0.930. The summed E-state index contributed by atoms with van der Waals surface area (Å²) in [6.07, 6.45) is 2.42. The monoisotopic (exact) mass is 810 g/mol. The number of H-pyrrole nitrogens is 1. The molecule has 2 aliphatic carbocycles. The van der Waals surface area contributed by atoms with Crippen LogP contribution in [0.25, 0.3) is 10.9 Å². The number of benzene rings is 2. The van der Waals surface area contributed by atoms with Crippen molar-refractivity contribution in [1.29, 1.82) is 0 Å². The fourth-order valence-electron chi connectivity index (χ4n) is 14.7. The molecule has 5 fully saturated rings. The lowest BCUT2D eigenvalue weighted by molar-refractivity contribution is -0.245. The van der Waals surface area contributed by atoms with Gasteiger partial charge in [0.2, 0.25) is 5.60 Å². The van der Waals surface area contributed by atoms with Gasteiger partial charge in [-0.2, -0.15) is 0 Å². The number of fused-ring (bicyclic) bond motifs is 8. The molecule has 13 nitrogen and oxygen atoms in total. The maximum atomic E-state index is 15.3. The summed E-state index contributed by atoms with van der Waals surface area (Å²) in [6.45, 7) is 8.85. The molecule has 3 N–H and O–H groups in total. The number of carbonyl (C=O) groups is 3. The molecule has 2 bridgehead atoms. The van der Waals surface area contributed by atoms with Crippen molar-refractivity contribution >= 4 is 34.5 Å². The van der Waals surface area contributed by atoms with Crippen LogP contribution in [0.1, 0.15) is 81.7 Å².